The molecular formula is C15H20F4N2. The zero-order chi connectivity index (χ0) is 15.5. The van der Waals surface area contributed by atoms with Crippen LogP contribution in [0.1, 0.15) is 30.0 Å². The maximum atomic E-state index is 13.4. The van der Waals surface area contributed by atoms with Gasteiger partial charge in [-0.1, -0.05) is 12.1 Å². The molecule has 2 nitrogen and oxygen atoms in total. The molecule has 6 heteroatoms. The molecule has 1 atom stereocenters. The molecule has 2 rings (SSSR count). The average Bonchev–Trinajstić information content (AvgIpc) is 2.43. The van der Waals surface area contributed by atoms with Crippen molar-refractivity contribution in [3.05, 3.63) is 35.1 Å². The molecule has 1 saturated heterocycles. The number of piperazine rings is 1. The summed E-state index contributed by atoms with van der Waals surface area (Å²) in [4.78, 5) is 2.05. The number of nitrogens with zero attached hydrogens (tertiary/aromatic N) is 1. The van der Waals surface area contributed by atoms with Gasteiger partial charge >= 0.3 is 6.18 Å². The Morgan fingerprint density at radius 2 is 1.90 bits per heavy atom. The second kappa shape index (κ2) is 6.75. The van der Waals surface area contributed by atoms with Crippen molar-refractivity contribution in [1.29, 1.82) is 0 Å². The van der Waals surface area contributed by atoms with Crippen molar-refractivity contribution in [2.75, 3.05) is 26.2 Å². The fourth-order valence-corrected chi connectivity index (χ4v) is 2.73. The normalized spacial score (nSPS) is 18.7. The summed E-state index contributed by atoms with van der Waals surface area (Å²) in [6.45, 7) is 4.58. The standard InChI is InChI=1S/C15H20F4N2/c1-11-10-12(2-3-13(11)16)14(4-5-15(17,18)19)21-8-6-20-7-9-21/h2-3,10,14,20H,4-9H2,1H3/t14-/m1/s1. The van der Waals surface area contributed by atoms with E-state index in [1.54, 1.807) is 19.1 Å². The third kappa shape index (κ3) is 4.68. The van der Waals surface area contributed by atoms with E-state index in [2.05, 4.69) is 10.2 Å². The first-order chi connectivity index (χ1) is 9.87. The topological polar surface area (TPSA) is 15.3 Å². The van der Waals surface area contributed by atoms with Crippen LogP contribution in [0.4, 0.5) is 17.6 Å². The molecule has 0 radical (unpaired) electrons. The third-order valence-corrected chi connectivity index (χ3v) is 3.86. The summed E-state index contributed by atoms with van der Waals surface area (Å²) in [5, 5.41) is 3.19. The van der Waals surface area contributed by atoms with E-state index in [4.69, 9.17) is 0 Å². The molecule has 0 aliphatic carbocycles. The van der Waals surface area contributed by atoms with Gasteiger partial charge in [-0.25, -0.2) is 4.39 Å². The number of alkyl halides is 3. The van der Waals surface area contributed by atoms with Gasteiger partial charge in [0.2, 0.25) is 0 Å². The van der Waals surface area contributed by atoms with E-state index >= 15 is 0 Å². The first kappa shape index (κ1) is 16.2. The van der Waals surface area contributed by atoms with E-state index in [1.807, 2.05) is 0 Å². The molecule has 118 valence electrons. The van der Waals surface area contributed by atoms with Gasteiger partial charge in [-0.2, -0.15) is 13.2 Å². The highest BCUT2D eigenvalue weighted by molar-refractivity contribution is 5.26. The molecule has 0 spiro atoms. The fourth-order valence-electron chi connectivity index (χ4n) is 2.73. The van der Waals surface area contributed by atoms with Crippen molar-refractivity contribution in [2.24, 2.45) is 0 Å². The molecule has 0 unspecified atom stereocenters. The molecule has 0 bridgehead atoms. The molecule has 0 saturated carbocycles. The Balaban J connectivity index is 2.18. The van der Waals surface area contributed by atoms with Crippen molar-refractivity contribution >= 4 is 0 Å². The highest BCUT2D eigenvalue weighted by atomic mass is 19.4. The summed E-state index contributed by atoms with van der Waals surface area (Å²) in [6, 6.07) is 4.30. The smallest absolute Gasteiger partial charge is 0.314 e. The van der Waals surface area contributed by atoms with E-state index in [9.17, 15) is 17.6 Å². The Morgan fingerprint density at radius 1 is 1.24 bits per heavy atom. The molecule has 0 aromatic heterocycles. The highest BCUT2D eigenvalue weighted by Crippen LogP contribution is 2.32. The van der Waals surface area contributed by atoms with E-state index < -0.39 is 12.6 Å². The summed E-state index contributed by atoms with van der Waals surface area (Å²) in [5.41, 5.74) is 1.24. The number of hydrogen-bond acceptors (Lipinski definition) is 2. The second-order valence-electron chi connectivity index (χ2n) is 5.46. The largest absolute Gasteiger partial charge is 0.389 e. The highest BCUT2D eigenvalue weighted by Gasteiger charge is 2.31. The summed E-state index contributed by atoms with van der Waals surface area (Å²) < 4.78 is 51.0. The van der Waals surface area contributed by atoms with E-state index in [-0.39, 0.29) is 18.3 Å². The minimum atomic E-state index is -4.17. The fraction of sp³-hybridized carbons (Fsp3) is 0.600. The van der Waals surface area contributed by atoms with Gasteiger partial charge in [-0.15, -0.1) is 0 Å². The number of nitrogens with one attached hydrogen (secondary N) is 1. The van der Waals surface area contributed by atoms with Crippen LogP contribution in [0.15, 0.2) is 18.2 Å². The molecule has 1 heterocycles. The lowest BCUT2D eigenvalue weighted by Gasteiger charge is -2.35. The molecule has 1 aliphatic heterocycles. The monoisotopic (exact) mass is 304 g/mol. The molecule has 1 aromatic rings. The van der Waals surface area contributed by atoms with Crippen LogP contribution in [0.25, 0.3) is 0 Å². The van der Waals surface area contributed by atoms with Gasteiger partial charge in [0, 0.05) is 38.6 Å². The van der Waals surface area contributed by atoms with Crippen LogP contribution < -0.4 is 5.32 Å². The van der Waals surface area contributed by atoms with E-state index in [1.165, 1.54) is 6.07 Å². The van der Waals surface area contributed by atoms with Gasteiger partial charge in [0.25, 0.3) is 0 Å². The van der Waals surface area contributed by atoms with Crippen LogP contribution in [0, 0.1) is 12.7 Å². The van der Waals surface area contributed by atoms with Crippen LogP contribution in [-0.4, -0.2) is 37.3 Å². The van der Waals surface area contributed by atoms with Crippen molar-refractivity contribution in [3.8, 4) is 0 Å². The minimum Gasteiger partial charge on any atom is -0.314 e. The zero-order valence-corrected chi connectivity index (χ0v) is 12.0. The van der Waals surface area contributed by atoms with Gasteiger partial charge in [-0.05, 0) is 30.5 Å². The van der Waals surface area contributed by atoms with E-state index in [0.29, 0.717) is 18.7 Å². The number of hydrogen-bond donors (Lipinski definition) is 1. The lowest BCUT2D eigenvalue weighted by Crippen LogP contribution is -2.45. The molecule has 0 amide bonds. The lowest BCUT2D eigenvalue weighted by atomic mass is 9.97. The maximum Gasteiger partial charge on any atom is 0.389 e. The van der Waals surface area contributed by atoms with Crippen molar-refractivity contribution in [1.82, 2.24) is 10.2 Å². The van der Waals surface area contributed by atoms with Crippen LogP contribution in [-0.2, 0) is 0 Å². The molecule has 21 heavy (non-hydrogen) atoms. The summed E-state index contributed by atoms with van der Waals surface area (Å²) >= 11 is 0. The third-order valence-electron chi connectivity index (χ3n) is 3.86. The average molecular weight is 304 g/mol. The molecular weight excluding hydrogens is 284 g/mol. The molecule has 1 fully saturated rings. The summed E-state index contributed by atoms with van der Waals surface area (Å²) in [7, 11) is 0. The quantitative estimate of drug-likeness (QED) is 0.858. The number of rotatable bonds is 4. The SMILES string of the molecule is Cc1cc([C@@H](CCC(F)(F)F)N2CCNCC2)ccc1F. The van der Waals surface area contributed by atoms with Crippen LogP contribution in [0.3, 0.4) is 0 Å². The van der Waals surface area contributed by atoms with Crippen molar-refractivity contribution in [2.45, 2.75) is 32.0 Å². The Bertz CT molecular complexity index is 467. The Morgan fingerprint density at radius 3 is 2.48 bits per heavy atom. The van der Waals surface area contributed by atoms with Gasteiger partial charge < -0.3 is 5.32 Å². The molecule has 1 N–H and O–H groups in total. The Labute approximate surface area is 122 Å². The molecule has 1 aromatic carbocycles. The van der Waals surface area contributed by atoms with Crippen molar-refractivity contribution in [3.63, 3.8) is 0 Å². The summed E-state index contributed by atoms with van der Waals surface area (Å²) in [5.74, 6) is -0.325. The minimum absolute atomic E-state index is 0.00850. The maximum absolute atomic E-state index is 13.4. The van der Waals surface area contributed by atoms with Gasteiger partial charge in [0.1, 0.15) is 5.82 Å². The van der Waals surface area contributed by atoms with Crippen molar-refractivity contribution < 1.29 is 17.6 Å². The van der Waals surface area contributed by atoms with Crippen LogP contribution >= 0.6 is 0 Å². The van der Waals surface area contributed by atoms with E-state index in [0.717, 1.165) is 18.7 Å². The lowest BCUT2D eigenvalue weighted by molar-refractivity contribution is -0.138. The van der Waals surface area contributed by atoms with Crippen LogP contribution in [0.5, 0.6) is 0 Å². The first-order valence-corrected chi connectivity index (χ1v) is 7.14. The second-order valence-corrected chi connectivity index (χ2v) is 5.46. The zero-order valence-electron chi connectivity index (χ0n) is 12.0. The summed E-state index contributed by atoms with van der Waals surface area (Å²) in [6.07, 6.45) is -4.98. The van der Waals surface area contributed by atoms with Gasteiger partial charge in [-0.3, -0.25) is 4.90 Å². The van der Waals surface area contributed by atoms with Gasteiger partial charge in [0.15, 0.2) is 0 Å². The number of aryl methyl sites for hydroxylation is 1. The van der Waals surface area contributed by atoms with Crippen LogP contribution in [0.2, 0.25) is 0 Å². The first-order valence-electron chi connectivity index (χ1n) is 7.14. The predicted molar refractivity (Wildman–Crippen MR) is 73.6 cm³/mol. The predicted octanol–water partition coefficient (Wildman–Crippen LogP) is 3.42. The Kier molecular flexibility index (Phi) is 5.22. The molecule has 1 aliphatic rings. The Hall–Kier alpha value is -1.14. The number of halogens is 4. The van der Waals surface area contributed by atoms with Gasteiger partial charge in [0.05, 0.1) is 0 Å². The number of benzene rings is 1.